The summed E-state index contributed by atoms with van der Waals surface area (Å²) < 4.78 is 13.0. The highest BCUT2D eigenvalue weighted by Crippen LogP contribution is 2.22. The summed E-state index contributed by atoms with van der Waals surface area (Å²) in [4.78, 5) is 21.4. The molecule has 4 rings (SSSR count). The minimum Gasteiger partial charge on any atom is -0.351 e. The Morgan fingerprint density at radius 2 is 1.70 bits per heavy atom. The van der Waals surface area contributed by atoms with Crippen molar-refractivity contribution in [2.75, 3.05) is 5.32 Å². The molecule has 0 saturated heterocycles. The molecular formula is C24H25FN4O. The van der Waals surface area contributed by atoms with Crippen LogP contribution in [0.5, 0.6) is 0 Å². The van der Waals surface area contributed by atoms with Crippen molar-refractivity contribution in [3.8, 4) is 11.1 Å². The number of nitrogens with zero attached hydrogens (tertiary/aromatic N) is 2. The fraction of sp³-hybridized carbons (Fsp3) is 0.292. The van der Waals surface area contributed by atoms with Gasteiger partial charge in [0.15, 0.2) is 0 Å². The molecular weight excluding hydrogens is 379 g/mol. The fourth-order valence-corrected chi connectivity index (χ4v) is 3.71. The summed E-state index contributed by atoms with van der Waals surface area (Å²) in [5, 5.41) is 6.28. The van der Waals surface area contributed by atoms with Gasteiger partial charge in [-0.25, -0.2) is 14.4 Å². The first-order valence-electron chi connectivity index (χ1n) is 10.4. The van der Waals surface area contributed by atoms with Gasteiger partial charge in [0, 0.05) is 36.1 Å². The predicted octanol–water partition coefficient (Wildman–Crippen LogP) is 4.96. The van der Waals surface area contributed by atoms with Crippen molar-refractivity contribution in [2.24, 2.45) is 0 Å². The molecule has 1 saturated carbocycles. The Morgan fingerprint density at radius 3 is 2.43 bits per heavy atom. The molecule has 0 radical (unpaired) electrons. The summed E-state index contributed by atoms with van der Waals surface area (Å²) in [7, 11) is 0. The first-order valence-corrected chi connectivity index (χ1v) is 10.4. The van der Waals surface area contributed by atoms with Gasteiger partial charge < -0.3 is 10.6 Å². The van der Waals surface area contributed by atoms with Gasteiger partial charge in [-0.05, 0) is 48.2 Å². The van der Waals surface area contributed by atoms with Crippen molar-refractivity contribution in [3.63, 3.8) is 0 Å². The van der Waals surface area contributed by atoms with E-state index >= 15 is 0 Å². The summed E-state index contributed by atoms with van der Waals surface area (Å²) in [5.41, 5.74) is 3.14. The molecule has 0 spiro atoms. The van der Waals surface area contributed by atoms with Crippen LogP contribution in [0.4, 0.5) is 10.3 Å². The topological polar surface area (TPSA) is 66.9 Å². The van der Waals surface area contributed by atoms with E-state index < -0.39 is 0 Å². The van der Waals surface area contributed by atoms with Gasteiger partial charge in [-0.1, -0.05) is 43.5 Å². The number of carbonyl (C=O) groups is 1. The monoisotopic (exact) mass is 404 g/mol. The predicted molar refractivity (Wildman–Crippen MR) is 116 cm³/mol. The SMILES string of the molecule is O=C(NCc1ccc(F)cc1)c1cccc(-c2cnc(NC3CCCCC3)nc2)c1. The van der Waals surface area contributed by atoms with Crippen LogP contribution in [0, 0.1) is 5.82 Å². The van der Waals surface area contributed by atoms with Gasteiger partial charge in [0.25, 0.3) is 5.91 Å². The van der Waals surface area contributed by atoms with Crippen LogP contribution in [0.25, 0.3) is 11.1 Å². The minimum atomic E-state index is -0.292. The third-order valence-corrected chi connectivity index (χ3v) is 5.41. The number of hydrogen-bond acceptors (Lipinski definition) is 4. The Labute approximate surface area is 175 Å². The second kappa shape index (κ2) is 9.48. The molecule has 2 N–H and O–H groups in total. The van der Waals surface area contributed by atoms with Gasteiger partial charge in [-0.2, -0.15) is 0 Å². The molecule has 1 aromatic heterocycles. The van der Waals surface area contributed by atoms with Crippen LogP contribution in [0.2, 0.25) is 0 Å². The van der Waals surface area contributed by atoms with Gasteiger partial charge in [0.1, 0.15) is 5.82 Å². The Morgan fingerprint density at radius 1 is 0.967 bits per heavy atom. The molecule has 1 amide bonds. The van der Waals surface area contributed by atoms with Crippen LogP contribution >= 0.6 is 0 Å². The van der Waals surface area contributed by atoms with E-state index in [1.165, 1.54) is 44.2 Å². The number of carbonyl (C=O) groups excluding carboxylic acids is 1. The third kappa shape index (κ3) is 5.20. The molecule has 1 fully saturated rings. The lowest BCUT2D eigenvalue weighted by Crippen LogP contribution is -2.23. The van der Waals surface area contributed by atoms with Crippen molar-refractivity contribution in [1.29, 1.82) is 0 Å². The van der Waals surface area contributed by atoms with Gasteiger partial charge >= 0.3 is 0 Å². The van der Waals surface area contributed by atoms with Gasteiger partial charge in [-0.3, -0.25) is 4.79 Å². The number of hydrogen-bond donors (Lipinski definition) is 2. The summed E-state index contributed by atoms with van der Waals surface area (Å²) in [5.74, 6) is 0.177. The molecule has 30 heavy (non-hydrogen) atoms. The highest BCUT2D eigenvalue weighted by molar-refractivity contribution is 5.95. The lowest BCUT2D eigenvalue weighted by Gasteiger charge is -2.22. The van der Waals surface area contributed by atoms with Crippen molar-refractivity contribution >= 4 is 11.9 Å². The average molecular weight is 404 g/mol. The van der Waals surface area contributed by atoms with Crippen molar-refractivity contribution in [1.82, 2.24) is 15.3 Å². The Hall–Kier alpha value is -3.28. The molecule has 2 aromatic carbocycles. The van der Waals surface area contributed by atoms with Crippen LogP contribution < -0.4 is 10.6 Å². The minimum absolute atomic E-state index is 0.183. The molecule has 3 aromatic rings. The average Bonchev–Trinajstić information content (AvgIpc) is 2.80. The third-order valence-electron chi connectivity index (χ3n) is 5.41. The van der Waals surface area contributed by atoms with Crippen LogP contribution in [0.1, 0.15) is 48.0 Å². The van der Waals surface area contributed by atoms with Gasteiger partial charge in [0.2, 0.25) is 5.95 Å². The molecule has 0 unspecified atom stereocenters. The molecule has 1 heterocycles. The molecule has 0 atom stereocenters. The maximum Gasteiger partial charge on any atom is 0.251 e. The normalized spacial score (nSPS) is 14.3. The quantitative estimate of drug-likeness (QED) is 0.610. The number of benzene rings is 2. The number of nitrogens with one attached hydrogen (secondary N) is 2. The number of aromatic nitrogens is 2. The maximum atomic E-state index is 13.0. The van der Waals surface area contributed by atoms with Crippen LogP contribution in [0.3, 0.4) is 0 Å². The van der Waals surface area contributed by atoms with Gasteiger partial charge in [-0.15, -0.1) is 0 Å². The van der Waals surface area contributed by atoms with E-state index in [2.05, 4.69) is 20.6 Å². The Bertz CT molecular complexity index is 983. The van der Waals surface area contributed by atoms with E-state index in [-0.39, 0.29) is 11.7 Å². The van der Waals surface area contributed by atoms with E-state index in [1.54, 1.807) is 30.6 Å². The van der Waals surface area contributed by atoms with Crippen LogP contribution in [-0.4, -0.2) is 21.9 Å². The van der Waals surface area contributed by atoms with E-state index in [4.69, 9.17) is 0 Å². The van der Waals surface area contributed by atoms with E-state index in [9.17, 15) is 9.18 Å². The summed E-state index contributed by atoms with van der Waals surface area (Å²) in [6.07, 6.45) is 9.73. The molecule has 5 nitrogen and oxygen atoms in total. The number of rotatable bonds is 6. The number of amides is 1. The smallest absolute Gasteiger partial charge is 0.251 e. The zero-order valence-corrected chi connectivity index (χ0v) is 16.8. The van der Waals surface area contributed by atoms with E-state index in [0.717, 1.165) is 16.7 Å². The van der Waals surface area contributed by atoms with Crippen LogP contribution in [-0.2, 0) is 6.54 Å². The Kier molecular flexibility index (Phi) is 6.32. The highest BCUT2D eigenvalue weighted by Gasteiger charge is 2.14. The van der Waals surface area contributed by atoms with E-state index in [1.807, 2.05) is 18.2 Å². The molecule has 154 valence electrons. The maximum absolute atomic E-state index is 13.0. The van der Waals surface area contributed by atoms with Crippen molar-refractivity contribution in [3.05, 3.63) is 77.9 Å². The zero-order valence-electron chi connectivity index (χ0n) is 16.8. The Balaban J connectivity index is 1.39. The molecule has 0 aliphatic heterocycles. The molecule has 1 aliphatic carbocycles. The molecule has 1 aliphatic rings. The summed E-state index contributed by atoms with van der Waals surface area (Å²) in [6.45, 7) is 0.341. The largest absolute Gasteiger partial charge is 0.351 e. The zero-order chi connectivity index (χ0) is 20.8. The number of anilines is 1. The second-order valence-corrected chi connectivity index (χ2v) is 7.66. The van der Waals surface area contributed by atoms with Crippen molar-refractivity contribution in [2.45, 2.75) is 44.7 Å². The first kappa shape index (κ1) is 20.0. The standard InChI is InChI=1S/C24H25FN4O/c25-21-11-9-17(10-12-21)14-26-23(30)19-6-4-5-18(13-19)20-15-27-24(28-16-20)29-22-7-2-1-3-8-22/h4-6,9-13,15-16,22H,1-3,7-8,14H2,(H,26,30)(H,27,28,29). The van der Waals surface area contributed by atoms with Crippen LogP contribution in [0.15, 0.2) is 60.9 Å². The summed E-state index contributed by atoms with van der Waals surface area (Å²) >= 11 is 0. The fourth-order valence-electron chi connectivity index (χ4n) is 3.71. The van der Waals surface area contributed by atoms with Gasteiger partial charge in [0.05, 0.1) is 0 Å². The number of halogens is 1. The lowest BCUT2D eigenvalue weighted by molar-refractivity contribution is 0.0951. The van der Waals surface area contributed by atoms with Crippen molar-refractivity contribution < 1.29 is 9.18 Å². The summed E-state index contributed by atoms with van der Waals surface area (Å²) in [6, 6.07) is 13.9. The first-order chi connectivity index (χ1) is 14.7. The van der Waals surface area contributed by atoms with E-state index in [0.29, 0.717) is 24.1 Å². The highest BCUT2D eigenvalue weighted by atomic mass is 19.1. The second-order valence-electron chi connectivity index (χ2n) is 7.66. The molecule has 6 heteroatoms. The lowest BCUT2D eigenvalue weighted by atomic mass is 9.96. The molecule has 0 bridgehead atoms.